The van der Waals surface area contributed by atoms with Gasteiger partial charge < -0.3 is 10.1 Å². The largest absolute Gasteiger partial charge is 0.478 e. The third-order valence-electron chi connectivity index (χ3n) is 3.09. The molecule has 0 atom stereocenters. The Morgan fingerprint density at radius 3 is 2.87 bits per heavy atom. The molecule has 0 aromatic carbocycles. The number of rotatable bonds is 3. The van der Waals surface area contributed by atoms with E-state index in [-0.39, 0.29) is 5.60 Å². The van der Waals surface area contributed by atoms with Gasteiger partial charge in [-0.25, -0.2) is 0 Å². The van der Waals surface area contributed by atoms with Crippen molar-refractivity contribution in [2.75, 3.05) is 13.1 Å². The SMILES string of the molecule is CCc1ccsc1OC1(C)CCNCC1. The van der Waals surface area contributed by atoms with Gasteiger partial charge in [-0.15, -0.1) is 11.3 Å². The number of nitrogens with one attached hydrogen (secondary N) is 1. The monoisotopic (exact) mass is 225 g/mol. The highest BCUT2D eigenvalue weighted by Crippen LogP contribution is 2.33. The molecule has 1 aliphatic heterocycles. The van der Waals surface area contributed by atoms with Gasteiger partial charge in [0.2, 0.25) is 0 Å². The molecule has 1 aromatic heterocycles. The van der Waals surface area contributed by atoms with Crippen LogP contribution in [0.5, 0.6) is 5.06 Å². The average molecular weight is 225 g/mol. The molecule has 1 fully saturated rings. The number of piperidine rings is 1. The second-order valence-corrected chi connectivity index (χ2v) is 5.27. The first-order valence-corrected chi connectivity index (χ1v) is 6.57. The first-order valence-electron chi connectivity index (χ1n) is 5.69. The van der Waals surface area contributed by atoms with E-state index in [4.69, 9.17) is 4.74 Å². The fourth-order valence-corrected chi connectivity index (χ4v) is 2.92. The molecule has 0 saturated carbocycles. The zero-order chi connectivity index (χ0) is 10.7. The van der Waals surface area contributed by atoms with Gasteiger partial charge >= 0.3 is 0 Å². The molecule has 0 unspecified atom stereocenters. The lowest BCUT2D eigenvalue weighted by atomic mass is 9.95. The zero-order valence-corrected chi connectivity index (χ0v) is 10.3. The summed E-state index contributed by atoms with van der Waals surface area (Å²) in [6, 6.07) is 2.17. The lowest BCUT2D eigenvalue weighted by Gasteiger charge is -2.34. The van der Waals surface area contributed by atoms with Gasteiger partial charge in [0.1, 0.15) is 5.60 Å². The van der Waals surface area contributed by atoms with Gasteiger partial charge in [-0.05, 0) is 50.7 Å². The summed E-state index contributed by atoms with van der Waals surface area (Å²) >= 11 is 1.72. The molecule has 0 amide bonds. The third-order valence-corrected chi connectivity index (χ3v) is 3.92. The van der Waals surface area contributed by atoms with Crippen LogP contribution < -0.4 is 10.1 Å². The second-order valence-electron chi connectivity index (χ2n) is 4.39. The highest BCUT2D eigenvalue weighted by Gasteiger charge is 2.29. The van der Waals surface area contributed by atoms with E-state index >= 15 is 0 Å². The Hall–Kier alpha value is -0.540. The van der Waals surface area contributed by atoms with Gasteiger partial charge in [0.25, 0.3) is 0 Å². The lowest BCUT2D eigenvalue weighted by molar-refractivity contribution is 0.0588. The third kappa shape index (κ3) is 2.52. The van der Waals surface area contributed by atoms with Crippen LogP contribution in [0.25, 0.3) is 0 Å². The van der Waals surface area contributed by atoms with Gasteiger partial charge in [0, 0.05) is 5.56 Å². The van der Waals surface area contributed by atoms with Crippen LogP contribution in [0.2, 0.25) is 0 Å². The summed E-state index contributed by atoms with van der Waals surface area (Å²) in [4.78, 5) is 0. The van der Waals surface area contributed by atoms with Crippen molar-refractivity contribution < 1.29 is 4.74 Å². The topological polar surface area (TPSA) is 21.3 Å². The summed E-state index contributed by atoms with van der Waals surface area (Å²) in [5.41, 5.74) is 1.39. The highest BCUT2D eigenvalue weighted by atomic mass is 32.1. The number of hydrogen-bond acceptors (Lipinski definition) is 3. The van der Waals surface area contributed by atoms with Crippen LogP contribution >= 0.6 is 11.3 Å². The Balaban J connectivity index is 2.06. The fraction of sp³-hybridized carbons (Fsp3) is 0.667. The predicted molar refractivity (Wildman–Crippen MR) is 64.8 cm³/mol. The van der Waals surface area contributed by atoms with E-state index in [1.807, 2.05) is 0 Å². The second kappa shape index (κ2) is 4.54. The van der Waals surface area contributed by atoms with Gasteiger partial charge in [-0.3, -0.25) is 0 Å². The number of hydrogen-bond donors (Lipinski definition) is 1. The summed E-state index contributed by atoms with van der Waals surface area (Å²) in [6.45, 7) is 6.55. The molecule has 1 saturated heterocycles. The quantitative estimate of drug-likeness (QED) is 0.854. The zero-order valence-electron chi connectivity index (χ0n) is 9.51. The summed E-state index contributed by atoms with van der Waals surface area (Å²) in [5.74, 6) is 0. The average Bonchev–Trinajstić information content (AvgIpc) is 2.65. The predicted octanol–water partition coefficient (Wildman–Crippen LogP) is 2.83. The van der Waals surface area contributed by atoms with Crippen molar-refractivity contribution in [1.29, 1.82) is 0 Å². The van der Waals surface area contributed by atoms with Crippen LogP contribution in [0.15, 0.2) is 11.4 Å². The molecule has 2 heterocycles. The fourth-order valence-electron chi connectivity index (χ4n) is 1.95. The van der Waals surface area contributed by atoms with Crippen LogP contribution in [0.1, 0.15) is 32.3 Å². The normalized spacial score (nSPS) is 20.1. The summed E-state index contributed by atoms with van der Waals surface area (Å²) in [7, 11) is 0. The van der Waals surface area contributed by atoms with E-state index in [1.54, 1.807) is 11.3 Å². The van der Waals surface area contributed by atoms with Crippen molar-refractivity contribution in [3.8, 4) is 5.06 Å². The number of aryl methyl sites for hydroxylation is 1. The molecule has 2 nitrogen and oxygen atoms in total. The molecule has 0 radical (unpaired) electrons. The number of thiophene rings is 1. The molecule has 1 N–H and O–H groups in total. The molecule has 2 rings (SSSR count). The van der Waals surface area contributed by atoms with Crippen LogP contribution in [0.4, 0.5) is 0 Å². The summed E-state index contributed by atoms with van der Waals surface area (Å²) in [5, 5.41) is 6.62. The Bertz CT molecular complexity index is 315. The molecular weight excluding hydrogens is 206 g/mol. The molecular formula is C12H19NOS. The van der Waals surface area contributed by atoms with Gasteiger partial charge in [-0.2, -0.15) is 0 Å². The molecule has 15 heavy (non-hydrogen) atoms. The smallest absolute Gasteiger partial charge is 0.177 e. The molecule has 84 valence electrons. The highest BCUT2D eigenvalue weighted by molar-refractivity contribution is 7.12. The Morgan fingerprint density at radius 2 is 2.20 bits per heavy atom. The van der Waals surface area contributed by atoms with Gasteiger partial charge in [0.05, 0.1) is 0 Å². The summed E-state index contributed by atoms with van der Waals surface area (Å²) < 4.78 is 6.18. The lowest BCUT2D eigenvalue weighted by Crippen LogP contribution is -2.43. The number of ether oxygens (including phenoxy) is 1. The minimum absolute atomic E-state index is 0.0417. The molecule has 0 bridgehead atoms. The minimum atomic E-state index is 0.0417. The maximum absolute atomic E-state index is 6.18. The van der Waals surface area contributed by atoms with Crippen molar-refractivity contribution in [3.63, 3.8) is 0 Å². The van der Waals surface area contributed by atoms with Crippen LogP contribution in [-0.4, -0.2) is 18.7 Å². The van der Waals surface area contributed by atoms with E-state index in [2.05, 4.69) is 30.6 Å². The van der Waals surface area contributed by atoms with E-state index < -0.39 is 0 Å². The van der Waals surface area contributed by atoms with Crippen molar-refractivity contribution in [2.24, 2.45) is 0 Å². The van der Waals surface area contributed by atoms with Crippen molar-refractivity contribution in [3.05, 3.63) is 17.0 Å². The van der Waals surface area contributed by atoms with Crippen LogP contribution in [0.3, 0.4) is 0 Å². The molecule has 3 heteroatoms. The van der Waals surface area contributed by atoms with E-state index in [9.17, 15) is 0 Å². The maximum atomic E-state index is 6.18. The Labute approximate surface area is 95.6 Å². The molecule has 0 spiro atoms. The van der Waals surface area contributed by atoms with E-state index in [0.717, 1.165) is 37.4 Å². The van der Waals surface area contributed by atoms with E-state index in [1.165, 1.54) is 5.56 Å². The van der Waals surface area contributed by atoms with Crippen molar-refractivity contribution >= 4 is 11.3 Å². The van der Waals surface area contributed by atoms with Gasteiger partial charge in [0.15, 0.2) is 5.06 Å². The molecule has 1 aromatic rings. The standard InChI is InChI=1S/C12H19NOS/c1-3-10-4-9-15-11(10)14-12(2)5-7-13-8-6-12/h4,9,13H,3,5-8H2,1-2H3. The Kier molecular flexibility index (Phi) is 3.32. The van der Waals surface area contributed by atoms with E-state index in [0.29, 0.717) is 0 Å². The Morgan fingerprint density at radius 1 is 1.47 bits per heavy atom. The molecule has 0 aliphatic carbocycles. The van der Waals surface area contributed by atoms with Gasteiger partial charge in [-0.1, -0.05) is 6.92 Å². The van der Waals surface area contributed by atoms with Crippen LogP contribution in [-0.2, 0) is 6.42 Å². The van der Waals surface area contributed by atoms with Crippen molar-refractivity contribution in [1.82, 2.24) is 5.32 Å². The minimum Gasteiger partial charge on any atom is -0.478 e. The maximum Gasteiger partial charge on any atom is 0.177 e. The molecule has 1 aliphatic rings. The first kappa shape index (κ1) is 11.0. The van der Waals surface area contributed by atoms with Crippen molar-refractivity contribution in [2.45, 2.75) is 38.7 Å². The summed E-state index contributed by atoms with van der Waals surface area (Å²) in [6.07, 6.45) is 3.27. The first-order chi connectivity index (χ1) is 7.23. The van der Waals surface area contributed by atoms with Crippen LogP contribution in [0, 0.1) is 0 Å².